The van der Waals surface area contributed by atoms with Gasteiger partial charge in [0.05, 0.1) is 29.3 Å². The van der Waals surface area contributed by atoms with E-state index in [1.807, 2.05) is 5.10 Å². The van der Waals surface area contributed by atoms with E-state index < -0.39 is 17.8 Å². The Kier molecular flexibility index (Phi) is 9.92. The fraction of sp³-hybridized carbons (Fsp3) is 0.333. The number of amides is 2. The summed E-state index contributed by atoms with van der Waals surface area (Å²) >= 11 is 0. The number of hydrogen-bond donors (Lipinski definition) is 5. The number of ether oxygens (including phenoxy) is 1. The van der Waals surface area contributed by atoms with Gasteiger partial charge in [-0.05, 0) is 37.9 Å². The number of aromatic amines is 1. The Labute approximate surface area is 243 Å². The Morgan fingerprint density at radius 1 is 1.14 bits per heavy atom. The van der Waals surface area contributed by atoms with Gasteiger partial charge in [-0.25, -0.2) is 9.97 Å². The minimum atomic E-state index is -4.66. The highest BCUT2D eigenvalue weighted by molar-refractivity contribution is 5.97. The predicted molar refractivity (Wildman–Crippen MR) is 150 cm³/mol. The van der Waals surface area contributed by atoms with Gasteiger partial charge in [-0.1, -0.05) is 6.92 Å². The maximum atomic E-state index is 13.5. The zero-order chi connectivity index (χ0) is 31.0. The first kappa shape index (κ1) is 31.0. The number of imidazole rings is 1. The number of nitrogens with zero attached hydrogens (tertiary/aromatic N) is 4. The van der Waals surface area contributed by atoms with Crippen LogP contribution < -0.4 is 26.4 Å². The number of alkyl halides is 3. The number of anilines is 2. The molecule has 16 heteroatoms. The fourth-order valence-electron chi connectivity index (χ4n) is 4.47. The van der Waals surface area contributed by atoms with Gasteiger partial charge >= 0.3 is 6.18 Å². The van der Waals surface area contributed by atoms with Crippen LogP contribution in [0.2, 0.25) is 0 Å². The van der Waals surface area contributed by atoms with Crippen LogP contribution in [-0.4, -0.2) is 62.5 Å². The van der Waals surface area contributed by atoms with Crippen molar-refractivity contribution in [1.29, 1.82) is 0 Å². The molecule has 0 fully saturated rings. The van der Waals surface area contributed by atoms with Crippen molar-refractivity contribution < 1.29 is 32.3 Å². The van der Waals surface area contributed by atoms with E-state index in [-0.39, 0.29) is 52.1 Å². The van der Waals surface area contributed by atoms with E-state index in [1.54, 1.807) is 13.0 Å². The average Bonchev–Trinajstić information content (AvgIpc) is 3.64. The minimum absolute atomic E-state index is 0.0853. The summed E-state index contributed by atoms with van der Waals surface area (Å²) in [7, 11) is 0. The number of carbonyl (C=O) groups is 3. The molecule has 0 saturated carbocycles. The molecule has 0 saturated heterocycles. The average molecular weight is 602 g/mol. The van der Waals surface area contributed by atoms with Crippen LogP contribution in [-0.2, 0) is 22.2 Å². The second-order valence-corrected chi connectivity index (χ2v) is 9.28. The van der Waals surface area contributed by atoms with Crippen molar-refractivity contribution in [2.45, 2.75) is 38.8 Å². The molecule has 3 aromatic heterocycles. The van der Waals surface area contributed by atoms with Gasteiger partial charge < -0.3 is 26.4 Å². The first-order chi connectivity index (χ1) is 20.7. The number of hydrogen-bond acceptors (Lipinski definition) is 9. The van der Waals surface area contributed by atoms with Crippen molar-refractivity contribution in [3.63, 3.8) is 0 Å². The summed E-state index contributed by atoms with van der Waals surface area (Å²) in [4.78, 5) is 44.6. The van der Waals surface area contributed by atoms with E-state index in [4.69, 9.17) is 10.5 Å². The summed E-state index contributed by atoms with van der Waals surface area (Å²) in [5.74, 6) is -0.253. The zero-order valence-electron chi connectivity index (χ0n) is 23.1. The highest BCUT2D eigenvalue weighted by Gasteiger charge is 2.36. The van der Waals surface area contributed by atoms with E-state index in [9.17, 15) is 27.6 Å². The molecule has 13 nitrogen and oxygen atoms in total. The highest BCUT2D eigenvalue weighted by Crippen LogP contribution is 2.37. The number of H-pyrrole nitrogens is 1. The molecule has 228 valence electrons. The van der Waals surface area contributed by atoms with Gasteiger partial charge in [-0.15, -0.1) is 0 Å². The Bertz CT molecular complexity index is 1600. The minimum Gasteiger partial charge on any atom is -0.426 e. The Hall–Kier alpha value is -4.99. The molecule has 0 aliphatic carbocycles. The number of nitrogens with two attached hydrogens (primary N) is 1. The van der Waals surface area contributed by atoms with E-state index in [1.165, 1.54) is 29.1 Å². The largest absolute Gasteiger partial charge is 0.433 e. The van der Waals surface area contributed by atoms with Crippen molar-refractivity contribution in [2.75, 3.05) is 25.0 Å². The predicted octanol–water partition coefficient (Wildman–Crippen LogP) is 2.95. The smallest absolute Gasteiger partial charge is 0.426 e. The Morgan fingerprint density at radius 2 is 1.93 bits per heavy atom. The molecule has 0 aliphatic heterocycles. The molecule has 3 heterocycles. The van der Waals surface area contributed by atoms with Crippen LogP contribution >= 0.6 is 0 Å². The maximum absolute atomic E-state index is 13.5. The van der Waals surface area contributed by atoms with Crippen LogP contribution in [0.25, 0.3) is 16.9 Å². The number of halogens is 3. The zero-order valence-corrected chi connectivity index (χ0v) is 23.1. The van der Waals surface area contributed by atoms with E-state index >= 15 is 0 Å². The highest BCUT2D eigenvalue weighted by atomic mass is 19.4. The van der Waals surface area contributed by atoms with E-state index in [2.05, 4.69) is 31.0 Å². The number of benzene rings is 1. The molecule has 4 aromatic rings. The summed E-state index contributed by atoms with van der Waals surface area (Å²) < 4.78 is 47.1. The third-order valence-corrected chi connectivity index (χ3v) is 6.47. The van der Waals surface area contributed by atoms with Crippen LogP contribution in [0.1, 0.15) is 47.8 Å². The van der Waals surface area contributed by atoms with Crippen molar-refractivity contribution in [1.82, 2.24) is 35.2 Å². The molecular weight excluding hydrogens is 571 g/mol. The SMILES string of the molecule is CCc1c(C(=O)NCCCNC(=O)CCCN)ccc(Nc2nccn3c(-c4cn[nH]c4C(F)(F)F)cnc23)c1OC=O. The lowest BCUT2D eigenvalue weighted by atomic mass is 10.0. The van der Waals surface area contributed by atoms with Crippen molar-refractivity contribution in [2.24, 2.45) is 5.73 Å². The number of aromatic nitrogens is 5. The second kappa shape index (κ2) is 13.8. The number of nitrogens with one attached hydrogen (secondary N) is 4. The molecule has 0 bridgehead atoms. The monoisotopic (exact) mass is 601 g/mol. The third-order valence-electron chi connectivity index (χ3n) is 6.47. The molecule has 1 aromatic carbocycles. The fourth-order valence-corrected chi connectivity index (χ4v) is 4.47. The summed E-state index contributed by atoms with van der Waals surface area (Å²) in [5.41, 5.74) is 5.51. The summed E-state index contributed by atoms with van der Waals surface area (Å²) in [5, 5.41) is 14.1. The van der Waals surface area contributed by atoms with Gasteiger partial charge in [0, 0.05) is 43.0 Å². The van der Waals surface area contributed by atoms with E-state index in [0.717, 1.165) is 6.20 Å². The van der Waals surface area contributed by atoms with Crippen molar-refractivity contribution in [3.05, 3.63) is 53.7 Å². The molecule has 6 N–H and O–H groups in total. The molecular formula is C27H30F3N9O4. The second-order valence-electron chi connectivity index (χ2n) is 9.28. The van der Waals surface area contributed by atoms with Crippen LogP contribution in [0.15, 0.2) is 36.9 Å². The number of rotatable bonds is 14. The lowest BCUT2D eigenvalue weighted by Gasteiger charge is -2.17. The molecule has 4 rings (SSSR count). The van der Waals surface area contributed by atoms with Crippen molar-refractivity contribution >= 4 is 35.4 Å². The Balaban J connectivity index is 1.55. The summed E-state index contributed by atoms with van der Waals surface area (Å²) in [6.45, 7) is 3.13. The topological polar surface area (TPSA) is 181 Å². The van der Waals surface area contributed by atoms with Gasteiger partial charge in [-0.2, -0.15) is 18.3 Å². The van der Waals surface area contributed by atoms with E-state index in [0.29, 0.717) is 50.9 Å². The molecule has 0 aliphatic rings. The number of carbonyl (C=O) groups excluding carboxylic acids is 3. The molecule has 0 spiro atoms. The summed E-state index contributed by atoms with van der Waals surface area (Å²) in [6.07, 6.45) is 2.27. The molecule has 0 radical (unpaired) electrons. The first-order valence-corrected chi connectivity index (χ1v) is 13.4. The van der Waals surface area contributed by atoms with Gasteiger partial charge in [0.1, 0.15) is 5.69 Å². The van der Waals surface area contributed by atoms with Crippen LogP contribution in [0, 0.1) is 0 Å². The molecule has 43 heavy (non-hydrogen) atoms. The van der Waals surface area contributed by atoms with Crippen LogP contribution in [0.3, 0.4) is 0 Å². The standard InChI is InChI=1S/C27H30F3N9O4/c1-2-16-17(26(42)34-10-4-9-32-21(41)5-3-8-31)6-7-19(22(16)43-15-40)37-24-25-35-14-20(39(25)12-11-33-24)18-13-36-38-23(18)27(28,29)30/h6-7,11-15H,2-5,8-10,31H2,1H3,(H,32,41)(H,33,37)(H,34,42)(H,36,38). The normalized spacial score (nSPS) is 11.4. The Morgan fingerprint density at radius 3 is 2.65 bits per heavy atom. The molecule has 0 atom stereocenters. The van der Waals surface area contributed by atoms with Crippen molar-refractivity contribution in [3.8, 4) is 17.0 Å². The number of fused-ring (bicyclic) bond motifs is 1. The van der Waals surface area contributed by atoms with Gasteiger partial charge in [0.25, 0.3) is 12.4 Å². The van der Waals surface area contributed by atoms with Crippen LogP contribution in [0.5, 0.6) is 5.75 Å². The van der Waals surface area contributed by atoms with Gasteiger partial charge in [-0.3, -0.25) is 23.9 Å². The third kappa shape index (κ3) is 7.09. The van der Waals surface area contributed by atoms with Gasteiger partial charge in [0.15, 0.2) is 17.2 Å². The first-order valence-electron chi connectivity index (χ1n) is 13.4. The van der Waals surface area contributed by atoms with Crippen LogP contribution in [0.4, 0.5) is 24.7 Å². The molecule has 0 unspecified atom stereocenters. The molecule has 2 amide bonds. The quantitative estimate of drug-likeness (QED) is 0.107. The lowest BCUT2D eigenvalue weighted by molar-refractivity contribution is -0.140. The lowest BCUT2D eigenvalue weighted by Crippen LogP contribution is -2.30. The maximum Gasteiger partial charge on any atom is 0.433 e. The van der Waals surface area contributed by atoms with Gasteiger partial charge in [0.2, 0.25) is 5.91 Å². The summed E-state index contributed by atoms with van der Waals surface area (Å²) in [6, 6.07) is 3.08.